The Morgan fingerprint density at radius 1 is 1.03 bits per heavy atom. The molecule has 2 amide bonds. The highest BCUT2D eigenvalue weighted by Gasteiger charge is 2.26. The lowest BCUT2D eigenvalue weighted by molar-refractivity contribution is -0.137. The van der Waals surface area contributed by atoms with Crippen molar-refractivity contribution in [3.05, 3.63) is 65.2 Å². The van der Waals surface area contributed by atoms with Crippen LogP contribution in [0.25, 0.3) is 0 Å². The average Bonchev–Trinajstić information content (AvgIpc) is 2.81. The molecule has 0 aliphatic heterocycles. The molecule has 1 aliphatic rings. The van der Waals surface area contributed by atoms with Gasteiger partial charge in [0.15, 0.2) is 0 Å². The first-order chi connectivity index (χ1) is 15.8. The number of carbonyl (C=O) groups is 2. The number of hydrogen-bond acceptors (Lipinski definition) is 3. The van der Waals surface area contributed by atoms with Gasteiger partial charge in [-0.15, -0.1) is 0 Å². The first-order valence-electron chi connectivity index (χ1n) is 12.3. The van der Waals surface area contributed by atoms with Crippen LogP contribution in [0.5, 0.6) is 0 Å². The SMILES string of the molecule is CC(C)(C)c1ccc(C(=O)Nc2cccc(CN(CCCN)C(=O)C3CCCCC3)c2)cc1. The van der Waals surface area contributed by atoms with Gasteiger partial charge >= 0.3 is 0 Å². The van der Waals surface area contributed by atoms with Gasteiger partial charge in [0, 0.05) is 30.3 Å². The minimum Gasteiger partial charge on any atom is -0.338 e. The second-order valence-electron chi connectivity index (χ2n) is 10.2. The summed E-state index contributed by atoms with van der Waals surface area (Å²) in [5.41, 5.74) is 9.35. The van der Waals surface area contributed by atoms with E-state index in [1.807, 2.05) is 53.4 Å². The maximum absolute atomic E-state index is 13.2. The van der Waals surface area contributed by atoms with E-state index in [4.69, 9.17) is 5.73 Å². The number of nitrogens with two attached hydrogens (primary N) is 1. The maximum Gasteiger partial charge on any atom is 0.255 e. The number of rotatable bonds is 8. The van der Waals surface area contributed by atoms with Crippen LogP contribution in [0.2, 0.25) is 0 Å². The molecule has 33 heavy (non-hydrogen) atoms. The molecule has 2 aromatic carbocycles. The van der Waals surface area contributed by atoms with Crippen LogP contribution in [-0.4, -0.2) is 29.8 Å². The topological polar surface area (TPSA) is 75.4 Å². The van der Waals surface area contributed by atoms with Gasteiger partial charge in [-0.25, -0.2) is 0 Å². The summed E-state index contributed by atoms with van der Waals surface area (Å²) in [4.78, 5) is 27.9. The Balaban J connectivity index is 1.67. The van der Waals surface area contributed by atoms with Crippen LogP contribution in [-0.2, 0) is 16.8 Å². The van der Waals surface area contributed by atoms with Crippen LogP contribution < -0.4 is 11.1 Å². The van der Waals surface area contributed by atoms with E-state index in [9.17, 15) is 9.59 Å². The van der Waals surface area contributed by atoms with Crippen LogP contribution in [0.4, 0.5) is 5.69 Å². The van der Waals surface area contributed by atoms with Crippen LogP contribution in [0.3, 0.4) is 0 Å². The highest BCUT2D eigenvalue weighted by molar-refractivity contribution is 6.04. The van der Waals surface area contributed by atoms with E-state index in [1.165, 1.54) is 12.0 Å². The third-order valence-electron chi connectivity index (χ3n) is 6.47. The Bertz CT molecular complexity index is 925. The monoisotopic (exact) mass is 449 g/mol. The Labute approximate surface area is 198 Å². The Morgan fingerprint density at radius 3 is 2.36 bits per heavy atom. The van der Waals surface area contributed by atoms with Crippen molar-refractivity contribution in [3.8, 4) is 0 Å². The molecule has 178 valence electrons. The Hall–Kier alpha value is -2.66. The molecule has 0 unspecified atom stereocenters. The zero-order chi connectivity index (χ0) is 23.8. The third-order valence-corrected chi connectivity index (χ3v) is 6.47. The van der Waals surface area contributed by atoms with E-state index >= 15 is 0 Å². The van der Waals surface area contributed by atoms with Gasteiger partial charge in [0.25, 0.3) is 5.91 Å². The van der Waals surface area contributed by atoms with Crippen molar-refractivity contribution >= 4 is 17.5 Å². The Morgan fingerprint density at radius 2 is 1.73 bits per heavy atom. The number of nitrogens with one attached hydrogen (secondary N) is 1. The van der Waals surface area contributed by atoms with E-state index < -0.39 is 0 Å². The van der Waals surface area contributed by atoms with E-state index in [2.05, 4.69) is 26.1 Å². The number of benzene rings is 2. The quantitative estimate of drug-likeness (QED) is 0.559. The predicted molar refractivity (Wildman–Crippen MR) is 135 cm³/mol. The largest absolute Gasteiger partial charge is 0.338 e. The lowest BCUT2D eigenvalue weighted by Gasteiger charge is -2.29. The number of carbonyl (C=O) groups excluding carboxylic acids is 2. The number of nitrogens with zero attached hydrogens (tertiary/aromatic N) is 1. The van der Waals surface area contributed by atoms with Gasteiger partial charge < -0.3 is 16.0 Å². The van der Waals surface area contributed by atoms with Gasteiger partial charge in [-0.3, -0.25) is 9.59 Å². The second kappa shape index (κ2) is 11.5. The van der Waals surface area contributed by atoms with Crippen LogP contribution in [0.15, 0.2) is 48.5 Å². The van der Waals surface area contributed by atoms with Crippen molar-refractivity contribution < 1.29 is 9.59 Å². The van der Waals surface area contributed by atoms with Gasteiger partial charge in [0.1, 0.15) is 0 Å². The molecule has 0 spiro atoms. The second-order valence-corrected chi connectivity index (χ2v) is 10.2. The standard InChI is InChI=1S/C28H39N3O2/c1-28(2,3)24-15-13-22(14-16-24)26(32)30-25-12-7-9-21(19-25)20-31(18-8-17-29)27(33)23-10-5-4-6-11-23/h7,9,12-16,19,23H,4-6,8,10-11,17-18,20,29H2,1-3H3,(H,30,32). The van der Waals surface area contributed by atoms with Gasteiger partial charge in [0.05, 0.1) is 0 Å². The third kappa shape index (κ3) is 7.16. The average molecular weight is 450 g/mol. The van der Waals surface area contributed by atoms with Gasteiger partial charge in [-0.1, -0.05) is 64.3 Å². The summed E-state index contributed by atoms with van der Waals surface area (Å²) in [6.45, 7) is 8.25. The van der Waals surface area contributed by atoms with E-state index in [0.29, 0.717) is 25.2 Å². The molecule has 0 heterocycles. The van der Waals surface area contributed by atoms with Crippen molar-refractivity contribution in [1.29, 1.82) is 0 Å². The van der Waals surface area contributed by atoms with Crippen molar-refractivity contribution in [1.82, 2.24) is 4.90 Å². The van der Waals surface area contributed by atoms with Gasteiger partial charge in [0.2, 0.25) is 5.91 Å². The molecular weight excluding hydrogens is 410 g/mol. The predicted octanol–water partition coefficient (Wildman–Crippen LogP) is 5.49. The molecule has 1 aliphatic carbocycles. The van der Waals surface area contributed by atoms with Gasteiger partial charge in [-0.2, -0.15) is 0 Å². The fraction of sp³-hybridized carbons (Fsp3) is 0.500. The molecule has 0 saturated heterocycles. The number of amides is 2. The van der Waals surface area contributed by atoms with Crippen LogP contribution in [0.1, 0.15) is 80.8 Å². The summed E-state index contributed by atoms with van der Waals surface area (Å²) in [5, 5.41) is 3.00. The zero-order valence-corrected chi connectivity index (χ0v) is 20.4. The summed E-state index contributed by atoms with van der Waals surface area (Å²) in [5.74, 6) is 0.248. The highest BCUT2D eigenvalue weighted by atomic mass is 16.2. The number of anilines is 1. The molecule has 0 atom stereocenters. The molecule has 1 saturated carbocycles. The summed E-state index contributed by atoms with van der Waals surface area (Å²) in [6, 6.07) is 15.6. The minimum atomic E-state index is -0.133. The van der Waals surface area contributed by atoms with Gasteiger partial charge in [-0.05, 0) is 66.6 Å². The molecule has 3 rings (SSSR count). The van der Waals surface area contributed by atoms with E-state index in [0.717, 1.165) is 43.4 Å². The smallest absolute Gasteiger partial charge is 0.255 e. The zero-order valence-electron chi connectivity index (χ0n) is 20.4. The van der Waals surface area contributed by atoms with Crippen molar-refractivity contribution in [2.75, 3.05) is 18.4 Å². The van der Waals surface area contributed by atoms with Crippen LogP contribution in [0, 0.1) is 5.92 Å². The number of hydrogen-bond donors (Lipinski definition) is 2. The lowest BCUT2D eigenvalue weighted by Crippen LogP contribution is -2.37. The maximum atomic E-state index is 13.2. The molecule has 3 N–H and O–H groups in total. The lowest BCUT2D eigenvalue weighted by atomic mass is 9.87. The van der Waals surface area contributed by atoms with Crippen molar-refractivity contribution in [3.63, 3.8) is 0 Å². The van der Waals surface area contributed by atoms with Crippen LogP contribution >= 0.6 is 0 Å². The molecule has 0 aromatic heterocycles. The first kappa shape index (κ1) is 25.0. The Kier molecular flexibility index (Phi) is 8.67. The molecule has 5 heteroatoms. The normalized spacial score (nSPS) is 14.7. The summed E-state index contributed by atoms with van der Waals surface area (Å²) >= 11 is 0. The van der Waals surface area contributed by atoms with Crippen molar-refractivity contribution in [2.45, 2.75) is 71.3 Å². The van der Waals surface area contributed by atoms with E-state index in [-0.39, 0.29) is 23.1 Å². The highest BCUT2D eigenvalue weighted by Crippen LogP contribution is 2.27. The summed E-state index contributed by atoms with van der Waals surface area (Å²) in [6.07, 6.45) is 6.27. The molecular formula is C28H39N3O2. The fourth-order valence-corrected chi connectivity index (χ4v) is 4.45. The molecule has 5 nitrogen and oxygen atoms in total. The fourth-order valence-electron chi connectivity index (χ4n) is 4.45. The molecule has 1 fully saturated rings. The first-order valence-corrected chi connectivity index (χ1v) is 12.3. The molecule has 0 radical (unpaired) electrons. The molecule has 2 aromatic rings. The summed E-state index contributed by atoms with van der Waals surface area (Å²) < 4.78 is 0. The minimum absolute atomic E-state index is 0.0498. The van der Waals surface area contributed by atoms with Crippen molar-refractivity contribution in [2.24, 2.45) is 11.7 Å². The molecule has 0 bridgehead atoms. The summed E-state index contributed by atoms with van der Waals surface area (Å²) in [7, 11) is 0. The van der Waals surface area contributed by atoms with E-state index in [1.54, 1.807) is 0 Å².